The standard InChI is InChI=1S/C32H37ClN6O4Si/c1-20(34)39-28-13-12-25(43-2)17-26(28)30(22-8-10-24(33)11-9-22)38-27(31(39)35)18-29(40)36-15-14-21-6-5-7-23(16-21)32(41)37-19-44(3,4)42/h5-13,16-17,27,34-35,42H,14-15,18-19H2,1-4H3,(H,36,40)(H,37,41)/t27-/m0/s1. The highest BCUT2D eigenvalue weighted by molar-refractivity contribution is 6.70. The molecule has 10 nitrogen and oxygen atoms in total. The number of aliphatic imine (C=N–C) groups is 1. The normalized spacial score (nSPS) is 14.7. The maximum absolute atomic E-state index is 13.2. The van der Waals surface area contributed by atoms with E-state index in [-0.39, 0.29) is 36.1 Å². The number of fused-ring (bicyclic) bond motifs is 1. The summed E-state index contributed by atoms with van der Waals surface area (Å²) in [6, 6.07) is 18.8. The van der Waals surface area contributed by atoms with Gasteiger partial charge >= 0.3 is 0 Å². The Labute approximate surface area is 263 Å². The van der Waals surface area contributed by atoms with Gasteiger partial charge in [-0.15, -0.1) is 0 Å². The minimum absolute atomic E-state index is 0.0101. The molecule has 1 atom stereocenters. The number of amidine groups is 2. The van der Waals surface area contributed by atoms with Gasteiger partial charge in [-0.3, -0.25) is 30.3 Å². The third-order valence-corrected chi connectivity index (χ3v) is 8.27. The number of rotatable bonds is 10. The molecule has 0 spiro atoms. The summed E-state index contributed by atoms with van der Waals surface area (Å²) in [5.41, 5.74) is 3.93. The second kappa shape index (κ2) is 14.0. The Bertz CT molecular complexity index is 1600. The van der Waals surface area contributed by atoms with Crippen LogP contribution in [0.2, 0.25) is 18.1 Å². The summed E-state index contributed by atoms with van der Waals surface area (Å²) >= 11 is 6.15. The molecule has 1 aliphatic rings. The zero-order valence-corrected chi connectivity index (χ0v) is 27.0. The molecule has 0 fully saturated rings. The lowest BCUT2D eigenvalue weighted by Gasteiger charge is -2.26. The number of benzodiazepines with no additional fused rings is 1. The van der Waals surface area contributed by atoms with Crippen molar-refractivity contribution in [1.29, 1.82) is 10.8 Å². The van der Waals surface area contributed by atoms with E-state index in [0.717, 1.165) is 11.1 Å². The Hall–Kier alpha value is -4.32. The quantitative estimate of drug-likeness (QED) is 0.126. The number of halogens is 1. The molecule has 4 rings (SSSR count). The zero-order valence-electron chi connectivity index (χ0n) is 25.2. The number of amides is 2. The van der Waals surface area contributed by atoms with Crippen molar-refractivity contribution in [3.8, 4) is 5.75 Å². The Morgan fingerprint density at radius 3 is 2.48 bits per heavy atom. The highest BCUT2D eigenvalue weighted by Crippen LogP contribution is 2.33. The number of methoxy groups -OCH3 is 1. The van der Waals surface area contributed by atoms with Crippen LogP contribution in [-0.2, 0) is 11.2 Å². The molecule has 3 aromatic rings. The van der Waals surface area contributed by atoms with Gasteiger partial charge in [0.2, 0.25) is 14.2 Å². The molecular formula is C32H37ClN6O4Si. The Morgan fingerprint density at radius 2 is 1.82 bits per heavy atom. The molecule has 230 valence electrons. The Morgan fingerprint density at radius 1 is 1.09 bits per heavy atom. The molecule has 0 saturated carbocycles. The van der Waals surface area contributed by atoms with Crippen molar-refractivity contribution >= 4 is 54.8 Å². The molecule has 0 saturated heterocycles. The average Bonchev–Trinajstić information content (AvgIpc) is 3.09. The molecule has 0 bridgehead atoms. The van der Waals surface area contributed by atoms with Crippen molar-refractivity contribution < 1.29 is 19.1 Å². The first kappa shape index (κ1) is 32.6. The molecule has 5 N–H and O–H groups in total. The van der Waals surface area contributed by atoms with Crippen LogP contribution in [-0.4, -0.2) is 68.2 Å². The lowest BCUT2D eigenvalue weighted by molar-refractivity contribution is -0.121. The molecular weight excluding hydrogens is 596 g/mol. The van der Waals surface area contributed by atoms with Crippen LogP contribution in [0, 0.1) is 10.8 Å². The predicted octanol–water partition coefficient (Wildman–Crippen LogP) is 4.56. The Balaban J connectivity index is 1.53. The van der Waals surface area contributed by atoms with E-state index in [2.05, 4.69) is 10.6 Å². The van der Waals surface area contributed by atoms with Gasteiger partial charge in [-0.25, -0.2) is 0 Å². The minimum atomic E-state index is -2.42. The predicted molar refractivity (Wildman–Crippen MR) is 177 cm³/mol. The molecule has 44 heavy (non-hydrogen) atoms. The van der Waals surface area contributed by atoms with Gasteiger partial charge in [-0.1, -0.05) is 35.9 Å². The SMILES string of the molecule is COc1ccc2c(c1)C(c1ccc(Cl)cc1)=N[C@@H](CC(=O)NCCc1cccc(C(=O)NC[Si](C)(C)O)c1)C(=N)N2C(C)=N. The third kappa shape index (κ3) is 8.19. The smallest absolute Gasteiger partial charge is 0.251 e. The van der Waals surface area contributed by atoms with Gasteiger partial charge in [0.05, 0.1) is 24.9 Å². The van der Waals surface area contributed by atoms with Crippen LogP contribution in [0.3, 0.4) is 0 Å². The fourth-order valence-electron chi connectivity index (χ4n) is 4.79. The number of ether oxygens (including phenoxy) is 1. The van der Waals surface area contributed by atoms with Gasteiger partial charge in [-0.05, 0) is 74.5 Å². The van der Waals surface area contributed by atoms with E-state index in [1.54, 1.807) is 69.6 Å². The van der Waals surface area contributed by atoms with Gasteiger partial charge in [0.15, 0.2) is 0 Å². The number of carbonyl (C=O) groups is 2. The van der Waals surface area contributed by atoms with E-state index in [1.807, 2.05) is 24.3 Å². The number of benzene rings is 3. The van der Waals surface area contributed by atoms with Crippen molar-refractivity contribution in [1.82, 2.24) is 10.6 Å². The molecule has 3 aromatic carbocycles. The molecule has 1 aliphatic heterocycles. The fraction of sp³-hybridized carbons (Fsp3) is 0.281. The first-order valence-electron chi connectivity index (χ1n) is 14.2. The van der Waals surface area contributed by atoms with Gasteiger partial charge in [0.25, 0.3) is 5.91 Å². The molecule has 2 amide bonds. The highest BCUT2D eigenvalue weighted by atomic mass is 35.5. The summed E-state index contributed by atoms with van der Waals surface area (Å²) < 4.78 is 5.47. The second-order valence-corrected chi connectivity index (χ2v) is 15.6. The maximum atomic E-state index is 13.2. The van der Waals surface area contributed by atoms with Crippen LogP contribution in [0.4, 0.5) is 5.69 Å². The number of carbonyl (C=O) groups excluding carboxylic acids is 2. The van der Waals surface area contributed by atoms with Crippen LogP contribution in [0.15, 0.2) is 71.7 Å². The summed E-state index contributed by atoms with van der Waals surface area (Å²) in [5.74, 6) is 0.172. The van der Waals surface area contributed by atoms with E-state index < -0.39 is 14.4 Å². The molecule has 1 heterocycles. The zero-order chi connectivity index (χ0) is 32.0. The van der Waals surface area contributed by atoms with Crippen molar-refractivity contribution in [3.05, 3.63) is 94.0 Å². The van der Waals surface area contributed by atoms with Crippen molar-refractivity contribution in [2.24, 2.45) is 4.99 Å². The van der Waals surface area contributed by atoms with Gasteiger partial charge in [-0.2, -0.15) is 0 Å². The molecule has 0 aliphatic carbocycles. The molecule has 0 radical (unpaired) electrons. The lowest BCUT2D eigenvalue weighted by atomic mass is 9.99. The molecule has 12 heteroatoms. The van der Waals surface area contributed by atoms with Crippen LogP contribution >= 0.6 is 11.6 Å². The van der Waals surface area contributed by atoms with Crippen molar-refractivity contribution in [3.63, 3.8) is 0 Å². The lowest BCUT2D eigenvalue weighted by Crippen LogP contribution is -2.42. The third-order valence-electron chi connectivity index (χ3n) is 6.98. The van der Waals surface area contributed by atoms with Gasteiger partial charge in [0.1, 0.15) is 23.5 Å². The van der Waals surface area contributed by atoms with Crippen LogP contribution in [0.25, 0.3) is 0 Å². The van der Waals surface area contributed by atoms with Crippen molar-refractivity contribution in [2.75, 3.05) is 24.7 Å². The maximum Gasteiger partial charge on any atom is 0.251 e. The summed E-state index contributed by atoms with van der Waals surface area (Å²) in [5, 5.41) is 23.8. The van der Waals surface area contributed by atoms with Crippen LogP contribution in [0.1, 0.15) is 40.4 Å². The monoisotopic (exact) mass is 632 g/mol. The first-order valence-corrected chi connectivity index (χ1v) is 17.7. The van der Waals surface area contributed by atoms with E-state index in [9.17, 15) is 14.4 Å². The number of hydrogen-bond donors (Lipinski definition) is 5. The Kier molecular flexibility index (Phi) is 10.4. The summed E-state index contributed by atoms with van der Waals surface area (Å²) in [6.07, 6.45) is 0.650. The summed E-state index contributed by atoms with van der Waals surface area (Å²) in [7, 11) is -0.850. The van der Waals surface area contributed by atoms with E-state index in [1.165, 1.54) is 4.90 Å². The fourth-order valence-corrected chi connectivity index (χ4v) is 5.51. The highest BCUT2D eigenvalue weighted by Gasteiger charge is 2.32. The van der Waals surface area contributed by atoms with Gasteiger partial charge < -0.3 is 20.2 Å². The number of nitrogens with zero attached hydrogens (tertiary/aromatic N) is 2. The largest absolute Gasteiger partial charge is 0.497 e. The average molecular weight is 633 g/mol. The minimum Gasteiger partial charge on any atom is -0.497 e. The molecule has 0 unspecified atom stereocenters. The summed E-state index contributed by atoms with van der Waals surface area (Å²) in [4.78, 5) is 42.1. The molecule has 0 aromatic heterocycles. The topological polar surface area (TPSA) is 151 Å². The summed E-state index contributed by atoms with van der Waals surface area (Å²) in [6.45, 7) is 5.42. The van der Waals surface area contributed by atoms with E-state index in [4.69, 9.17) is 32.1 Å². The first-order chi connectivity index (χ1) is 20.9. The van der Waals surface area contributed by atoms with Crippen LogP contribution in [0.5, 0.6) is 5.75 Å². The second-order valence-electron chi connectivity index (χ2n) is 11.2. The number of hydrogen-bond acceptors (Lipinski definition) is 7. The van der Waals surface area contributed by atoms with Crippen molar-refractivity contribution in [2.45, 2.75) is 38.9 Å². The van der Waals surface area contributed by atoms with E-state index in [0.29, 0.717) is 46.3 Å². The van der Waals surface area contributed by atoms with Gasteiger partial charge in [0, 0.05) is 34.4 Å². The number of nitrogens with one attached hydrogen (secondary N) is 4. The van der Waals surface area contributed by atoms with Crippen LogP contribution < -0.4 is 20.3 Å². The number of anilines is 1. The van der Waals surface area contributed by atoms with E-state index >= 15 is 0 Å².